The van der Waals surface area contributed by atoms with Gasteiger partial charge in [0.2, 0.25) is 0 Å². The van der Waals surface area contributed by atoms with Gasteiger partial charge in [0, 0.05) is 28.1 Å². The molecule has 0 saturated heterocycles. The van der Waals surface area contributed by atoms with E-state index in [4.69, 9.17) is 16.0 Å². The number of aryl methyl sites for hydroxylation is 1. The van der Waals surface area contributed by atoms with Gasteiger partial charge in [0.05, 0.1) is 5.56 Å². The van der Waals surface area contributed by atoms with Gasteiger partial charge in [-0.2, -0.15) is 0 Å². The van der Waals surface area contributed by atoms with E-state index in [0.29, 0.717) is 27.2 Å². The summed E-state index contributed by atoms with van der Waals surface area (Å²) in [7, 11) is 0. The maximum atomic E-state index is 12.7. The molecule has 2 aromatic carbocycles. The molecular formula is C22H17ClN2O2S. The number of amides is 1. The minimum Gasteiger partial charge on any atom is -0.461 e. The van der Waals surface area contributed by atoms with Gasteiger partial charge < -0.3 is 4.42 Å². The Kier molecular flexibility index (Phi) is 5.28. The second kappa shape index (κ2) is 8.00. The maximum absolute atomic E-state index is 12.7. The van der Waals surface area contributed by atoms with Crippen molar-refractivity contribution < 1.29 is 9.21 Å². The molecule has 0 radical (unpaired) electrons. The van der Waals surface area contributed by atoms with E-state index in [1.807, 2.05) is 54.6 Å². The van der Waals surface area contributed by atoms with Crippen molar-refractivity contribution in [3.63, 3.8) is 0 Å². The summed E-state index contributed by atoms with van der Waals surface area (Å²) in [6.07, 6.45) is 2.50. The van der Waals surface area contributed by atoms with Gasteiger partial charge in [0.1, 0.15) is 11.5 Å². The number of furan rings is 1. The van der Waals surface area contributed by atoms with Crippen molar-refractivity contribution in [3.05, 3.63) is 93.6 Å². The van der Waals surface area contributed by atoms with Gasteiger partial charge in [0.15, 0.2) is 5.13 Å². The molecule has 2 heterocycles. The molecule has 0 unspecified atom stereocenters. The van der Waals surface area contributed by atoms with E-state index >= 15 is 0 Å². The molecule has 0 saturated carbocycles. The molecule has 1 N–H and O–H groups in total. The number of nitrogens with one attached hydrogen (secondary N) is 1. The Balaban J connectivity index is 1.47. The molecular weight excluding hydrogens is 392 g/mol. The second-order valence-corrected chi connectivity index (χ2v) is 7.89. The van der Waals surface area contributed by atoms with E-state index in [-0.39, 0.29) is 5.91 Å². The van der Waals surface area contributed by atoms with Gasteiger partial charge in [-0.3, -0.25) is 10.1 Å². The summed E-state index contributed by atoms with van der Waals surface area (Å²) >= 11 is 7.48. The van der Waals surface area contributed by atoms with Gasteiger partial charge in [-0.15, -0.1) is 11.3 Å². The Labute approximate surface area is 171 Å². The number of carbonyl (C=O) groups is 1. The second-order valence-electron chi connectivity index (χ2n) is 6.34. The number of halogens is 1. The third-order valence-corrected chi connectivity index (χ3v) is 5.41. The van der Waals surface area contributed by atoms with Crippen molar-refractivity contribution in [2.24, 2.45) is 0 Å². The van der Waals surface area contributed by atoms with Crippen LogP contribution in [-0.2, 0) is 6.42 Å². The van der Waals surface area contributed by atoms with Gasteiger partial charge in [-0.05, 0) is 30.7 Å². The smallest absolute Gasteiger partial charge is 0.261 e. The summed E-state index contributed by atoms with van der Waals surface area (Å²) < 4.78 is 5.76. The third-order valence-electron chi connectivity index (χ3n) is 4.26. The van der Waals surface area contributed by atoms with Crippen LogP contribution < -0.4 is 5.32 Å². The van der Waals surface area contributed by atoms with Crippen LogP contribution >= 0.6 is 22.9 Å². The molecule has 1 amide bonds. The molecule has 0 spiro atoms. The first-order chi connectivity index (χ1) is 13.6. The molecule has 0 bridgehead atoms. The van der Waals surface area contributed by atoms with Gasteiger partial charge in [-0.1, -0.05) is 54.1 Å². The van der Waals surface area contributed by atoms with Gasteiger partial charge in [-0.25, -0.2) is 4.98 Å². The van der Waals surface area contributed by atoms with Crippen LogP contribution in [0.3, 0.4) is 0 Å². The molecule has 4 rings (SSSR count). The topological polar surface area (TPSA) is 55.1 Å². The highest BCUT2D eigenvalue weighted by Crippen LogP contribution is 2.27. The van der Waals surface area contributed by atoms with Crippen molar-refractivity contribution >= 4 is 34.0 Å². The van der Waals surface area contributed by atoms with Crippen LogP contribution in [0.4, 0.5) is 5.13 Å². The predicted molar refractivity (Wildman–Crippen MR) is 113 cm³/mol. The lowest BCUT2D eigenvalue weighted by atomic mass is 10.1. The Morgan fingerprint density at radius 2 is 1.96 bits per heavy atom. The standard InChI is InChI=1S/C22H17ClN2O2S/c1-14-19(12-20(27-14)16-7-3-2-4-8-16)21(26)25-22-24-13-18(28-22)11-15-6-5-9-17(23)10-15/h2-10,12-13H,11H2,1H3,(H,24,25,26). The lowest BCUT2D eigenvalue weighted by molar-refractivity contribution is 0.102. The van der Waals surface area contributed by atoms with Crippen molar-refractivity contribution in [2.75, 3.05) is 5.32 Å². The molecule has 6 heteroatoms. The number of nitrogens with zero attached hydrogens (tertiary/aromatic N) is 1. The molecule has 2 aromatic heterocycles. The molecule has 140 valence electrons. The van der Waals surface area contributed by atoms with Crippen LogP contribution in [0.2, 0.25) is 5.02 Å². The number of hydrogen-bond donors (Lipinski definition) is 1. The van der Waals surface area contributed by atoms with Gasteiger partial charge >= 0.3 is 0 Å². The highest BCUT2D eigenvalue weighted by molar-refractivity contribution is 7.15. The van der Waals surface area contributed by atoms with E-state index in [0.717, 1.165) is 22.4 Å². The quantitative estimate of drug-likeness (QED) is 0.427. The average Bonchev–Trinajstić information content (AvgIpc) is 3.29. The molecule has 28 heavy (non-hydrogen) atoms. The number of thiazole rings is 1. The van der Waals surface area contributed by atoms with Gasteiger partial charge in [0.25, 0.3) is 5.91 Å². The minimum atomic E-state index is -0.230. The maximum Gasteiger partial charge on any atom is 0.261 e. The summed E-state index contributed by atoms with van der Waals surface area (Å²) in [5.41, 5.74) is 2.54. The van der Waals surface area contributed by atoms with Crippen LogP contribution in [0.15, 0.2) is 71.3 Å². The van der Waals surface area contributed by atoms with E-state index < -0.39 is 0 Å². The molecule has 0 aliphatic rings. The minimum absolute atomic E-state index is 0.230. The molecule has 4 aromatic rings. The van der Waals surface area contributed by atoms with Crippen molar-refractivity contribution in [1.29, 1.82) is 0 Å². The van der Waals surface area contributed by atoms with Crippen LogP contribution in [0.5, 0.6) is 0 Å². The summed E-state index contributed by atoms with van der Waals surface area (Å²) in [5, 5.41) is 4.13. The summed E-state index contributed by atoms with van der Waals surface area (Å²) in [6.45, 7) is 1.79. The van der Waals surface area contributed by atoms with Crippen LogP contribution in [0.1, 0.15) is 26.6 Å². The first-order valence-corrected chi connectivity index (χ1v) is 9.94. The highest BCUT2D eigenvalue weighted by atomic mass is 35.5. The van der Waals surface area contributed by atoms with E-state index in [1.54, 1.807) is 19.2 Å². The van der Waals surface area contributed by atoms with Crippen molar-refractivity contribution in [1.82, 2.24) is 4.98 Å². The number of benzene rings is 2. The van der Waals surface area contributed by atoms with Crippen LogP contribution in [0, 0.1) is 6.92 Å². The molecule has 0 atom stereocenters. The number of anilines is 1. The Hall–Kier alpha value is -2.89. The van der Waals surface area contributed by atoms with Crippen LogP contribution in [0.25, 0.3) is 11.3 Å². The van der Waals surface area contributed by atoms with E-state index in [2.05, 4.69) is 10.3 Å². The number of hydrogen-bond acceptors (Lipinski definition) is 4. The predicted octanol–water partition coefficient (Wildman–Crippen LogP) is 6.21. The largest absolute Gasteiger partial charge is 0.461 e. The molecule has 0 fully saturated rings. The summed E-state index contributed by atoms with van der Waals surface area (Å²) in [6, 6.07) is 19.2. The highest BCUT2D eigenvalue weighted by Gasteiger charge is 2.17. The van der Waals surface area contributed by atoms with Crippen LogP contribution in [-0.4, -0.2) is 10.9 Å². The Bertz CT molecular complexity index is 1120. The molecule has 0 aliphatic heterocycles. The summed E-state index contributed by atoms with van der Waals surface area (Å²) in [5.74, 6) is 1.02. The third kappa shape index (κ3) is 4.16. The Morgan fingerprint density at radius 3 is 2.75 bits per heavy atom. The fourth-order valence-electron chi connectivity index (χ4n) is 2.91. The van der Waals surface area contributed by atoms with E-state index in [9.17, 15) is 4.79 Å². The Morgan fingerprint density at radius 1 is 1.14 bits per heavy atom. The summed E-state index contributed by atoms with van der Waals surface area (Å²) in [4.78, 5) is 18.0. The first kappa shape index (κ1) is 18.5. The fourth-order valence-corrected chi connectivity index (χ4v) is 3.97. The zero-order valence-corrected chi connectivity index (χ0v) is 16.7. The SMILES string of the molecule is Cc1oc(-c2ccccc2)cc1C(=O)Nc1ncc(Cc2cccc(Cl)c2)s1. The van der Waals surface area contributed by atoms with Crippen molar-refractivity contribution in [2.45, 2.75) is 13.3 Å². The molecule has 4 nitrogen and oxygen atoms in total. The zero-order chi connectivity index (χ0) is 19.5. The first-order valence-electron chi connectivity index (χ1n) is 8.75. The fraction of sp³-hybridized carbons (Fsp3) is 0.0909. The number of rotatable bonds is 5. The van der Waals surface area contributed by atoms with E-state index in [1.165, 1.54) is 11.3 Å². The lowest BCUT2D eigenvalue weighted by Gasteiger charge is -2.00. The van der Waals surface area contributed by atoms with Crippen molar-refractivity contribution in [3.8, 4) is 11.3 Å². The normalized spacial score (nSPS) is 10.8. The monoisotopic (exact) mass is 408 g/mol. The molecule has 0 aliphatic carbocycles. The lowest BCUT2D eigenvalue weighted by Crippen LogP contribution is -2.11. The average molecular weight is 409 g/mol. The number of carbonyl (C=O) groups excluding carboxylic acids is 1. The number of aromatic nitrogens is 1. The zero-order valence-electron chi connectivity index (χ0n) is 15.1.